The molecule has 0 bridgehead atoms. The van der Waals surface area contributed by atoms with Crippen LogP contribution < -0.4 is 5.32 Å². The number of aromatic nitrogens is 1. The topological polar surface area (TPSA) is 92.4 Å². The molecule has 0 aliphatic rings. The second-order valence-electron chi connectivity index (χ2n) is 4.00. The fraction of sp³-hybridized carbons (Fsp3) is 0.154. The van der Waals surface area contributed by atoms with Gasteiger partial charge in [-0.05, 0) is 18.6 Å². The first-order valence-corrected chi connectivity index (χ1v) is 5.58. The number of hydrogen-bond acceptors (Lipinski definition) is 4. The van der Waals surface area contributed by atoms with E-state index < -0.39 is 11.9 Å². The second kappa shape index (κ2) is 5.34. The third-order valence-corrected chi connectivity index (χ3v) is 2.50. The number of pyridine rings is 1. The third-order valence-electron chi connectivity index (χ3n) is 2.50. The van der Waals surface area contributed by atoms with Gasteiger partial charge in [0.15, 0.2) is 5.76 Å². The maximum absolute atomic E-state index is 11.7. The van der Waals surface area contributed by atoms with Crippen LogP contribution in [-0.2, 0) is 6.54 Å². The predicted octanol–water partition coefficient (Wildman–Crippen LogP) is 1.61. The summed E-state index contributed by atoms with van der Waals surface area (Å²) in [6.07, 6.45) is 2.70. The summed E-state index contributed by atoms with van der Waals surface area (Å²) < 4.78 is 4.89. The van der Waals surface area contributed by atoms with Crippen LogP contribution in [0.4, 0.5) is 0 Å². The van der Waals surface area contributed by atoms with Gasteiger partial charge in [0.25, 0.3) is 5.91 Å². The van der Waals surface area contributed by atoms with Crippen LogP contribution in [0, 0.1) is 6.92 Å². The fourth-order valence-electron chi connectivity index (χ4n) is 1.44. The van der Waals surface area contributed by atoms with Crippen LogP contribution in [0.5, 0.6) is 0 Å². The molecule has 0 saturated carbocycles. The van der Waals surface area contributed by atoms with Gasteiger partial charge >= 0.3 is 5.97 Å². The number of aryl methyl sites for hydroxylation is 1. The van der Waals surface area contributed by atoms with E-state index in [0.29, 0.717) is 6.54 Å². The van der Waals surface area contributed by atoms with Crippen LogP contribution in [0.2, 0.25) is 0 Å². The number of carbonyl (C=O) groups is 2. The zero-order valence-electron chi connectivity index (χ0n) is 10.2. The second-order valence-corrected chi connectivity index (χ2v) is 4.00. The van der Waals surface area contributed by atoms with Crippen molar-refractivity contribution in [3.8, 4) is 0 Å². The molecule has 0 unspecified atom stereocenters. The Morgan fingerprint density at radius 3 is 2.79 bits per heavy atom. The van der Waals surface area contributed by atoms with Crippen molar-refractivity contribution in [3.63, 3.8) is 0 Å². The molecule has 0 fully saturated rings. The molecular formula is C13H12N2O4. The minimum atomic E-state index is -1.13. The monoisotopic (exact) mass is 260 g/mol. The highest BCUT2D eigenvalue weighted by molar-refractivity contribution is 5.95. The van der Waals surface area contributed by atoms with Gasteiger partial charge in [-0.1, -0.05) is 6.07 Å². The number of carbonyl (C=O) groups excluding carboxylic acids is 1. The van der Waals surface area contributed by atoms with Gasteiger partial charge in [0.1, 0.15) is 6.26 Å². The summed E-state index contributed by atoms with van der Waals surface area (Å²) in [5.74, 6) is -1.63. The standard InChI is InChI=1S/C13H12N2O4/c1-8-2-3-9(5-14-8)6-15-12(16)11-4-10(7-19-11)13(17)18/h2-5,7H,6H2,1H3,(H,15,16)(H,17,18). The fourth-order valence-corrected chi connectivity index (χ4v) is 1.44. The molecule has 0 aliphatic heterocycles. The molecular weight excluding hydrogens is 248 g/mol. The van der Waals surface area contributed by atoms with Gasteiger partial charge in [0.05, 0.1) is 5.56 Å². The van der Waals surface area contributed by atoms with Gasteiger partial charge in [0, 0.05) is 24.5 Å². The number of carboxylic acids is 1. The van der Waals surface area contributed by atoms with Crippen molar-refractivity contribution in [2.45, 2.75) is 13.5 Å². The summed E-state index contributed by atoms with van der Waals surface area (Å²) >= 11 is 0. The summed E-state index contributed by atoms with van der Waals surface area (Å²) in [7, 11) is 0. The Kier molecular flexibility index (Phi) is 3.61. The van der Waals surface area contributed by atoms with E-state index in [4.69, 9.17) is 9.52 Å². The number of amides is 1. The van der Waals surface area contributed by atoms with Crippen molar-refractivity contribution in [1.29, 1.82) is 0 Å². The SMILES string of the molecule is Cc1ccc(CNC(=O)c2cc(C(=O)O)co2)cn1. The lowest BCUT2D eigenvalue weighted by atomic mass is 10.2. The molecule has 1 amide bonds. The van der Waals surface area contributed by atoms with Crippen LogP contribution in [0.1, 0.15) is 32.2 Å². The molecule has 0 atom stereocenters. The lowest BCUT2D eigenvalue weighted by Gasteiger charge is -2.03. The highest BCUT2D eigenvalue weighted by Crippen LogP contribution is 2.08. The lowest BCUT2D eigenvalue weighted by Crippen LogP contribution is -2.22. The van der Waals surface area contributed by atoms with Gasteiger partial charge in [-0.25, -0.2) is 4.79 Å². The molecule has 98 valence electrons. The highest BCUT2D eigenvalue weighted by atomic mass is 16.4. The minimum Gasteiger partial charge on any atom is -0.478 e. The largest absolute Gasteiger partial charge is 0.478 e. The molecule has 2 aromatic heterocycles. The van der Waals surface area contributed by atoms with E-state index in [1.165, 1.54) is 6.07 Å². The Labute approximate surface area is 109 Å². The zero-order valence-corrected chi connectivity index (χ0v) is 10.2. The molecule has 0 saturated heterocycles. The number of aromatic carboxylic acids is 1. The smallest absolute Gasteiger partial charge is 0.338 e. The van der Waals surface area contributed by atoms with Crippen molar-refractivity contribution in [1.82, 2.24) is 10.3 Å². The third kappa shape index (κ3) is 3.19. The summed E-state index contributed by atoms with van der Waals surface area (Å²) in [4.78, 5) is 26.5. The predicted molar refractivity (Wildman–Crippen MR) is 65.8 cm³/mol. The summed E-state index contributed by atoms with van der Waals surface area (Å²) in [5.41, 5.74) is 1.69. The van der Waals surface area contributed by atoms with E-state index in [2.05, 4.69) is 10.3 Å². The molecule has 0 spiro atoms. The zero-order chi connectivity index (χ0) is 13.8. The Balaban J connectivity index is 1.97. The molecule has 2 aromatic rings. The molecule has 2 N–H and O–H groups in total. The van der Waals surface area contributed by atoms with E-state index in [1.807, 2.05) is 19.1 Å². The van der Waals surface area contributed by atoms with Gasteiger partial charge < -0.3 is 14.8 Å². The number of nitrogens with one attached hydrogen (secondary N) is 1. The maximum Gasteiger partial charge on any atom is 0.338 e. The average Bonchev–Trinajstić information content (AvgIpc) is 2.87. The molecule has 0 aliphatic carbocycles. The average molecular weight is 260 g/mol. The number of rotatable bonds is 4. The normalized spacial score (nSPS) is 10.2. The Bertz CT molecular complexity index is 601. The summed E-state index contributed by atoms with van der Waals surface area (Å²) in [6.45, 7) is 2.17. The summed E-state index contributed by atoms with van der Waals surface area (Å²) in [6, 6.07) is 4.88. The molecule has 2 rings (SSSR count). The van der Waals surface area contributed by atoms with Crippen LogP contribution in [-0.4, -0.2) is 22.0 Å². The lowest BCUT2D eigenvalue weighted by molar-refractivity contribution is 0.0696. The molecule has 6 nitrogen and oxygen atoms in total. The van der Waals surface area contributed by atoms with E-state index in [1.54, 1.807) is 6.20 Å². The summed E-state index contributed by atoms with van der Waals surface area (Å²) in [5, 5.41) is 11.3. The highest BCUT2D eigenvalue weighted by Gasteiger charge is 2.14. The maximum atomic E-state index is 11.7. The van der Waals surface area contributed by atoms with Gasteiger partial charge in [-0.2, -0.15) is 0 Å². The van der Waals surface area contributed by atoms with E-state index in [9.17, 15) is 9.59 Å². The molecule has 6 heteroatoms. The Hall–Kier alpha value is -2.63. The first kappa shape index (κ1) is 12.8. The first-order chi connectivity index (χ1) is 9.06. The van der Waals surface area contributed by atoms with Gasteiger partial charge in [-0.15, -0.1) is 0 Å². The molecule has 0 radical (unpaired) electrons. The van der Waals surface area contributed by atoms with Crippen LogP contribution in [0.3, 0.4) is 0 Å². The Morgan fingerprint density at radius 1 is 1.42 bits per heavy atom. The van der Waals surface area contributed by atoms with Crippen molar-refractivity contribution < 1.29 is 19.1 Å². The number of carboxylic acid groups (broad SMARTS) is 1. The first-order valence-electron chi connectivity index (χ1n) is 5.58. The number of nitrogens with zero attached hydrogens (tertiary/aromatic N) is 1. The molecule has 0 aromatic carbocycles. The van der Waals surface area contributed by atoms with Crippen LogP contribution in [0.25, 0.3) is 0 Å². The van der Waals surface area contributed by atoms with Crippen molar-refractivity contribution >= 4 is 11.9 Å². The van der Waals surface area contributed by atoms with Gasteiger partial charge in [0.2, 0.25) is 0 Å². The Morgan fingerprint density at radius 2 is 2.21 bits per heavy atom. The minimum absolute atomic E-state index is 0.0301. The van der Waals surface area contributed by atoms with Crippen molar-refractivity contribution in [3.05, 3.63) is 53.2 Å². The van der Waals surface area contributed by atoms with Crippen molar-refractivity contribution in [2.75, 3.05) is 0 Å². The van der Waals surface area contributed by atoms with E-state index in [0.717, 1.165) is 17.5 Å². The van der Waals surface area contributed by atoms with Crippen LogP contribution >= 0.6 is 0 Å². The number of furan rings is 1. The number of hydrogen-bond donors (Lipinski definition) is 2. The van der Waals surface area contributed by atoms with E-state index in [-0.39, 0.29) is 11.3 Å². The van der Waals surface area contributed by atoms with Gasteiger partial charge in [-0.3, -0.25) is 9.78 Å². The van der Waals surface area contributed by atoms with Crippen molar-refractivity contribution in [2.24, 2.45) is 0 Å². The molecule has 2 heterocycles. The molecule has 19 heavy (non-hydrogen) atoms. The van der Waals surface area contributed by atoms with E-state index >= 15 is 0 Å². The van der Waals surface area contributed by atoms with Crippen LogP contribution in [0.15, 0.2) is 35.1 Å². The quantitative estimate of drug-likeness (QED) is 0.871.